The van der Waals surface area contributed by atoms with Crippen LogP contribution in [0.5, 0.6) is 5.75 Å². The molecule has 1 rings (SSSR count). The summed E-state index contributed by atoms with van der Waals surface area (Å²) in [5.74, 6) is -0.375. The first kappa shape index (κ1) is 11.8. The first-order valence-corrected chi connectivity index (χ1v) is 4.72. The van der Waals surface area contributed by atoms with Gasteiger partial charge >= 0.3 is 5.97 Å². The van der Waals surface area contributed by atoms with Crippen molar-refractivity contribution in [3.8, 4) is 5.75 Å². The van der Waals surface area contributed by atoms with Crippen LogP contribution in [0.3, 0.4) is 0 Å². The number of carbonyl (C=O) groups is 1. The molecule has 0 fully saturated rings. The number of hydrogen-bond acceptors (Lipinski definition) is 3. The molecule has 0 bridgehead atoms. The molecule has 0 radical (unpaired) electrons. The number of halogens is 1. The monoisotopic (exact) mass is 229 g/mol. The average molecular weight is 230 g/mol. The molecule has 1 atom stereocenters. The first-order chi connectivity index (χ1) is 7.02. The van der Waals surface area contributed by atoms with Gasteiger partial charge in [-0.3, -0.25) is 4.79 Å². The SMILES string of the molecule is COc1cc(Cl)cc(C(N)CC(=O)O)c1. The Bertz CT molecular complexity index is 368. The van der Waals surface area contributed by atoms with Gasteiger partial charge in [0.15, 0.2) is 0 Å². The van der Waals surface area contributed by atoms with Crippen LogP contribution >= 0.6 is 11.6 Å². The van der Waals surface area contributed by atoms with Gasteiger partial charge in [0.25, 0.3) is 0 Å². The highest BCUT2D eigenvalue weighted by Crippen LogP contribution is 2.25. The van der Waals surface area contributed by atoms with Crippen LogP contribution in [0.15, 0.2) is 18.2 Å². The molecule has 0 spiro atoms. The van der Waals surface area contributed by atoms with Gasteiger partial charge in [0, 0.05) is 11.1 Å². The van der Waals surface area contributed by atoms with E-state index in [1.807, 2.05) is 0 Å². The standard InChI is InChI=1S/C10H12ClNO3/c1-15-8-3-6(2-7(11)4-8)9(12)5-10(13)14/h2-4,9H,5,12H2,1H3,(H,13,14). The summed E-state index contributed by atoms with van der Waals surface area (Å²) in [6.07, 6.45) is -0.135. The molecule has 0 aliphatic heterocycles. The smallest absolute Gasteiger partial charge is 0.305 e. The number of rotatable bonds is 4. The lowest BCUT2D eigenvalue weighted by molar-refractivity contribution is -0.137. The summed E-state index contributed by atoms with van der Waals surface area (Å²) in [6.45, 7) is 0. The van der Waals surface area contributed by atoms with E-state index in [0.29, 0.717) is 16.3 Å². The third-order valence-corrected chi connectivity index (χ3v) is 2.17. The van der Waals surface area contributed by atoms with Crippen LogP contribution < -0.4 is 10.5 Å². The van der Waals surface area contributed by atoms with Crippen LogP contribution in [0.1, 0.15) is 18.0 Å². The summed E-state index contributed by atoms with van der Waals surface area (Å²) in [7, 11) is 1.51. The average Bonchev–Trinajstić information content (AvgIpc) is 2.15. The fourth-order valence-electron chi connectivity index (χ4n) is 1.22. The van der Waals surface area contributed by atoms with Crippen molar-refractivity contribution in [2.24, 2.45) is 5.73 Å². The second-order valence-corrected chi connectivity index (χ2v) is 3.57. The van der Waals surface area contributed by atoms with Crippen LogP contribution in [0.4, 0.5) is 0 Å². The summed E-state index contributed by atoms with van der Waals surface area (Å²) < 4.78 is 5.00. The second-order valence-electron chi connectivity index (χ2n) is 3.13. The van der Waals surface area contributed by atoms with Gasteiger partial charge in [-0.15, -0.1) is 0 Å². The molecule has 0 saturated carbocycles. The van der Waals surface area contributed by atoms with Crippen LogP contribution in [-0.4, -0.2) is 18.2 Å². The van der Waals surface area contributed by atoms with Crippen LogP contribution in [-0.2, 0) is 4.79 Å². The fourth-order valence-corrected chi connectivity index (χ4v) is 1.46. The van der Waals surface area contributed by atoms with Crippen LogP contribution in [0.2, 0.25) is 5.02 Å². The maximum atomic E-state index is 10.5. The second kappa shape index (κ2) is 5.00. The van der Waals surface area contributed by atoms with E-state index in [0.717, 1.165) is 0 Å². The molecule has 0 saturated heterocycles. The lowest BCUT2D eigenvalue weighted by atomic mass is 10.0. The maximum absolute atomic E-state index is 10.5. The minimum atomic E-state index is -0.943. The Labute approximate surface area is 92.6 Å². The van der Waals surface area contributed by atoms with Crippen molar-refractivity contribution in [1.29, 1.82) is 0 Å². The number of benzene rings is 1. The molecule has 5 heteroatoms. The molecule has 0 aliphatic rings. The summed E-state index contributed by atoms with van der Waals surface area (Å²) in [5, 5.41) is 9.07. The Morgan fingerprint density at radius 2 is 2.27 bits per heavy atom. The molecule has 0 heterocycles. The Balaban J connectivity index is 2.92. The van der Waals surface area contributed by atoms with Crippen molar-refractivity contribution < 1.29 is 14.6 Å². The Hall–Kier alpha value is -1.26. The Morgan fingerprint density at radius 3 is 2.80 bits per heavy atom. The van der Waals surface area contributed by atoms with Crippen molar-refractivity contribution in [3.05, 3.63) is 28.8 Å². The number of methoxy groups -OCH3 is 1. The quantitative estimate of drug-likeness (QED) is 0.826. The molecule has 3 N–H and O–H groups in total. The van der Waals surface area contributed by atoms with E-state index < -0.39 is 12.0 Å². The zero-order chi connectivity index (χ0) is 11.4. The molecule has 0 aliphatic carbocycles. The number of carboxylic acid groups (broad SMARTS) is 1. The molecular formula is C10H12ClNO3. The van der Waals surface area contributed by atoms with E-state index in [-0.39, 0.29) is 6.42 Å². The molecule has 15 heavy (non-hydrogen) atoms. The Morgan fingerprint density at radius 1 is 1.60 bits per heavy atom. The van der Waals surface area contributed by atoms with Gasteiger partial charge in [-0.2, -0.15) is 0 Å². The van der Waals surface area contributed by atoms with Crippen LogP contribution in [0.25, 0.3) is 0 Å². The van der Waals surface area contributed by atoms with Gasteiger partial charge in [0.05, 0.1) is 13.5 Å². The fraction of sp³-hybridized carbons (Fsp3) is 0.300. The van der Waals surface area contributed by atoms with E-state index in [9.17, 15) is 4.79 Å². The first-order valence-electron chi connectivity index (χ1n) is 4.34. The Kier molecular flexibility index (Phi) is 3.94. The normalized spacial score (nSPS) is 12.2. The van der Waals surface area contributed by atoms with Gasteiger partial charge in [-0.05, 0) is 23.8 Å². The van der Waals surface area contributed by atoms with Gasteiger partial charge in [-0.25, -0.2) is 0 Å². The van der Waals surface area contributed by atoms with Crippen molar-refractivity contribution >= 4 is 17.6 Å². The number of aliphatic carboxylic acids is 1. The summed E-state index contributed by atoms with van der Waals surface area (Å²) in [4.78, 5) is 10.5. The largest absolute Gasteiger partial charge is 0.497 e. The zero-order valence-corrected chi connectivity index (χ0v) is 8.99. The molecule has 0 amide bonds. The van der Waals surface area contributed by atoms with Gasteiger partial charge < -0.3 is 15.6 Å². The zero-order valence-electron chi connectivity index (χ0n) is 8.24. The van der Waals surface area contributed by atoms with E-state index in [1.54, 1.807) is 18.2 Å². The maximum Gasteiger partial charge on any atom is 0.305 e. The summed E-state index contributed by atoms with van der Waals surface area (Å²) in [5.41, 5.74) is 6.35. The molecule has 1 unspecified atom stereocenters. The van der Waals surface area contributed by atoms with Crippen molar-refractivity contribution in [1.82, 2.24) is 0 Å². The third kappa shape index (κ3) is 3.42. The number of nitrogens with two attached hydrogens (primary N) is 1. The number of carboxylic acids is 1. The molecule has 1 aromatic rings. The minimum absolute atomic E-state index is 0.135. The molecule has 82 valence electrons. The van der Waals surface area contributed by atoms with Crippen molar-refractivity contribution in [2.75, 3.05) is 7.11 Å². The number of hydrogen-bond donors (Lipinski definition) is 2. The lowest BCUT2D eigenvalue weighted by Crippen LogP contribution is -2.15. The van der Waals surface area contributed by atoms with E-state index >= 15 is 0 Å². The highest BCUT2D eigenvalue weighted by molar-refractivity contribution is 6.30. The van der Waals surface area contributed by atoms with E-state index in [1.165, 1.54) is 7.11 Å². The highest BCUT2D eigenvalue weighted by atomic mass is 35.5. The van der Waals surface area contributed by atoms with Crippen molar-refractivity contribution in [3.63, 3.8) is 0 Å². The lowest BCUT2D eigenvalue weighted by Gasteiger charge is -2.11. The summed E-state index contributed by atoms with van der Waals surface area (Å²) in [6, 6.07) is 4.38. The van der Waals surface area contributed by atoms with E-state index in [2.05, 4.69) is 0 Å². The molecule has 0 aromatic heterocycles. The molecule has 1 aromatic carbocycles. The van der Waals surface area contributed by atoms with Crippen molar-refractivity contribution in [2.45, 2.75) is 12.5 Å². The predicted molar refractivity (Wildman–Crippen MR) is 57.2 cm³/mol. The predicted octanol–water partition coefficient (Wildman–Crippen LogP) is 1.82. The van der Waals surface area contributed by atoms with E-state index in [4.69, 9.17) is 27.2 Å². The third-order valence-electron chi connectivity index (χ3n) is 1.95. The summed E-state index contributed by atoms with van der Waals surface area (Å²) >= 11 is 5.83. The van der Waals surface area contributed by atoms with Gasteiger partial charge in [0.2, 0.25) is 0 Å². The highest BCUT2D eigenvalue weighted by Gasteiger charge is 2.12. The minimum Gasteiger partial charge on any atom is -0.497 e. The van der Waals surface area contributed by atoms with Gasteiger partial charge in [-0.1, -0.05) is 11.6 Å². The molecule has 4 nitrogen and oxygen atoms in total. The topological polar surface area (TPSA) is 72.5 Å². The van der Waals surface area contributed by atoms with Crippen LogP contribution in [0, 0.1) is 0 Å². The number of ether oxygens (including phenoxy) is 1. The van der Waals surface area contributed by atoms with Gasteiger partial charge in [0.1, 0.15) is 5.75 Å². The molecular weight excluding hydrogens is 218 g/mol.